The molecule has 174 valence electrons. The van der Waals surface area contributed by atoms with Crippen LogP contribution in [-0.4, -0.2) is 48.5 Å². The number of allylic oxidation sites excluding steroid dienone is 2. The summed E-state index contributed by atoms with van der Waals surface area (Å²) in [4.78, 5) is 10.5. The van der Waals surface area contributed by atoms with E-state index in [0.29, 0.717) is 11.4 Å². The average molecular weight is 434 g/mol. The summed E-state index contributed by atoms with van der Waals surface area (Å²) in [6.07, 6.45) is 7.98. The third-order valence-corrected chi connectivity index (χ3v) is 3.63. The molecule has 1 aromatic carbocycles. The fraction of sp³-hybridized carbons (Fsp3) is 0.455. The summed E-state index contributed by atoms with van der Waals surface area (Å²) < 4.78 is 4.34. The minimum Gasteiger partial charge on any atom is -0.465 e. The van der Waals surface area contributed by atoms with E-state index in [-0.39, 0.29) is 5.57 Å². The van der Waals surface area contributed by atoms with Crippen LogP contribution in [0.5, 0.6) is 0 Å². The van der Waals surface area contributed by atoms with Gasteiger partial charge < -0.3 is 30.9 Å². The number of hydrogen-bond acceptors (Lipinski definition) is 8. The number of aryl methyl sites for hydroxylation is 1. The predicted molar refractivity (Wildman–Crippen MR) is 128 cm³/mol. The molecule has 31 heavy (non-hydrogen) atoms. The smallest absolute Gasteiger partial charge is 0.465 e. The van der Waals surface area contributed by atoms with E-state index in [0.717, 1.165) is 17.5 Å². The van der Waals surface area contributed by atoms with Crippen molar-refractivity contribution in [3.8, 4) is 0 Å². The summed E-state index contributed by atoms with van der Waals surface area (Å²) >= 11 is 0. The van der Waals surface area contributed by atoms with Crippen LogP contribution in [0.1, 0.15) is 45.6 Å². The van der Waals surface area contributed by atoms with Crippen molar-refractivity contribution in [1.29, 1.82) is 5.41 Å². The first-order chi connectivity index (χ1) is 14.6. The Morgan fingerprint density at radius 2 is 1.90 bits per heavy atom. The molecule has 8 nitrogen and oxygen atoms in total. The highest BCUT2D eigenvalue weighted by atomic mass is 16.5. The first-order valence-corrected chi connectivity index (χ1v) is 10.2. The number of benzene rings is 1. The van der Waals surface area contributed by atoms with Crippen LogP contribution in [-0.2, 0) is 9.53 Å². The van der Waals surface area contributed by atoms with Gasteiger partial charge in [0, 0.05) is 31.1 Å². The van der Waals surface area contributed by atoms with Gasteiger partial charge in [-0.3, -0.25) is 0 Å². The highest BCUT2D eigenvalue weighted by Crippen LogP contribution is 2.33. The summed E-state index contributed by atoms with van der Waals surface area (Å²) in [5.74, 6) is 5.49. The van der Waals surface area contributed by atoms with E-state index in [2.05, 4.69) is 18.6 Å². The average Bonchev–Trinajstić information content (AvgIpc) is 3.55. The lowest BCUT2D eigenvalue weighted by Crippen LogP contribution is -2.29. The number of ether oxygens (including phenoxy) is 1. The molecular weight excluding hydrogens is 395 g/mol. The Morgan fingerprint density at radius 3 is 2.16 bits per heavy atom. The fourth-order valence-electron chi connectivity index (χ4n) is 1.97. The Bertz CT molecular complexity index is 703. The minimum absolute atomic E-state index is 0.275. The zero-order chi connectivity index (χ0) is 24.4. The quantitative estimate of drug-likeness (QED) is 0.119. The maximum absolute atomic E-state index is 10.5. The summed E-state index contributed by atoms with van der Waals surface area (Å²) in [6, 6.07) is 7.12. The maximum atomic E-state index is 10.5. The van der Waals surface area contributed by atoms with E-state index >= 15 is 0 Å². The summed E-state index contributed by atoms with van der Waals surface area (Å²) in [5, 5.41) is 25.6. The van der Waals surface area contributed by atoms with Crippen LogP contribution >= 0.6 is 0 Å². The number of esters is 1. The van der Waals surface area contributed by atoms with Gasteiger partial charge in [-0.05, 0) is 32.2 Å². The molecular formula is C22H39BN4O4. The van der Waals surface area contributed by atoms with Crippen LogP contribution in [0.3, 0.4) is 0 Å². The van der Waals surface area contributed by atoms with Gasteiger partial charge in [0.1, 0.15) is 0 Å². The van der Waals surface area contributed by atoms with Crippen molar-refractivity contribution < 1.29 is 19.6 Å². The summed E-state index contributed by atoms with van der Waals surface area (Å²) in [6.45, 7) is 7.84. The molecule has 1 aliphatic carbocycles. The summed E-state index contributed by atoms with van der Waals surface area (Å²) in [7, 11) is 1.71. The van der Waals surface area contributed by atoms with Crippen LogP contribution in [0.2, 0.25) is 0 Å². The number of carbonyl (C=O) groups is 1. The first kappa shape index (κ1) is 30.6. The fourth-order valence-corrected chi connectivity index (χ4v) is 1.97. The Balaban J connectivity index is 0. The van der Waals surface area contributed by atoms with E-state index in [1.54, 1.807) is 38.4 Å². The second-order valence-electron chi connectivity index (χ2n) is 6.94. The Hall–Kier alpha value is -2.62. The van der Waals surface area contributed by atoms with E-state index in [4.69, 9.17) is 27.0 Å². The number of rotatable bonds is 5. The molecule has 9 heteroatoms. The zero-order valence-corrected chi connectivity index (χ0v) is 19.6. The molecule has 0 spiro atoms. The van der Waals surface area contributed by atoms with E-state index < -0.39 is 13.1 Å². The maximum Gasteiger partial charge on any atom is 0.488 e. The van der Waals surface area contributed by atoms with Gasteiger partial charge in [0.2, 0.25) is 0 Å². The zero-order valence-electron chi connectivity index (χ0n) is 19.6. The van der Waals surface area contributed by atoms with E-state index in [1.165, 1.54) is 37.5 Å². The molecule has 0 aliphatic heterocycles. The van der Waals surface area contributed by atoms with Gasteiger partial charge in [0.15, 0.2) is 0 Å². The number of carbonyl (C=O) groups excluding carboxylic acids is 1. The predicted octanol–water partition coefficient (Wildman–Crippen LogP) is 1.85. The molecule has 0 saturated heterocycles. The van der Waals surface area contributed by atoms with E-state index in [9.17, 15) is 4.79 Å². The van der Waals surface area contributed by atoms with Crippen LogP contribution in [0, 0.1) is 18.3 Å². The third kappa shape index (κ3) is 16.8. The Kier molecular flexibility index (Phi) is 17.9. The SMILES string of the molecule is C/C=C(\C=N)C(=O)OC.CCC.CN(N)/C=C(\N)C1CC1.Cc1cccc(B(O)O)c1. The van der Waals surface area contributed by atoms with Gasteiger partial charge in [0.05, 0.1) is 12.7 Å². The van der Waals surface area contributed by atoms with Crippen molar-refractivity contribution in [1.82, 2.24) is 5.01 Å². The van der Waals surface area contributed by atoms with Crippen molar-refractivity contribution in [2.24, 2.45) is 17.5 Å². The normalized spacial score (nSPS) is 12.5. The lowest BCUT2D eigenvalue weighted by atomic mass is 9.80. The number of nitrogens with two attached hydrogens (primary N) is 2. The molecule has 2 rings (SSSR count). The van der Waals surface area contributed by atoms with Crippen LogP contribution in [0.25, 0.3) is 0 Å². The Labute approximate surface area is 187 Å². The lowest BCUT2D eigenvalue weighted by molar-refractivity contribution is -0.135. The van der Waals surface area contributed by atoms with Gasteiger partial charge in [-0.15, -0.1) is 0 Å². The molecule has 1 saturated carbocycles. The largest absolute Gasteiger partial charge is 0.488 e. The monoisotopic (exact) mass is 434 g/mol. The Morgan fingerprint density at radius 1 is 1.35 bits per heavy atom. The van der Waals surface area contributed by atoms with Crippen LogP contribution in [0.4, 0.5) is 0 Å². The van der Waals surface area contributed by atoms with Gasteiger partial charge in [-0.2, -0.15) is 0 Å². The van der Waals surface area contributed by atoms with Crippen molar-refractivity contribution in [3.05, 3.63) is 53.4 Å². The van der Waals surface area contributed by atoms with Crippen LogP contribution < -0.4 is 17.0 Å². The van der Waals surface area contributed by atoms with Gasteiger partial charge in [-0.1, -0.05) is 56.2 Å². The molecule has 0 unspecified atom stereocenters. The molecule has 0 radical (unpaired) electrons. The molecule has 0 bridgehead atoms. The highest BCUT2D eigenvalue weighted by Gasteiger charge is 2.23. The second kappa shape index (κ2) is 18.2. The third-order valence-electron chi connectivity index (χ3n) is 3.63. The lowest BCUT2D eigenvalue weighted by Gasteiger charge is -2.05. The number of methoxy groups -OCH3 is 1. The van der Waals surface area contributed by atoms with Crippen molar-refractivity contribution >= 4 is 24.8 Å². The van der Waals surface area contributed by atoms with Crippen molar-refractivity contribution in [3.63, 3.8) is 0 Å². The number of nitrogens with one attached hydrogen (secondary N) is 1. The van der Waals surface area contributed by atoms with Gasteiger partial charge in [-0.25, -0.2) is 10.6 Å². The molecule has 1 aliphatic rings. The highest BCUT2D eigenvalue weighted by molar-refractivity contribution is 6.58. The van der Waals surface area contributed by atoms with E-state index in [1.807, 2.05) is 13.0 Å². The molecule has 1 fully saturated rings. The molecule has 7 N–H and O–H groups in total. The van der Waals surface area contributed by atoms with Crippen LogP contribution in [0.15, 0.2) is 47.8 Å². The molecule has 0 aromatic heterocycles. The summed E-state index contributed by atoms with van der Waals surface area (Å²) in [5.41, 5.74) is 8.39. The molecule has 0 amide bonds. The second-order valence-corrected chi connectivity index (χ2v) is 6.94. The number of hydrazine groups is 1. The standard InChI is InChI=1S/C7H9BO2.C6H13N3.C6H9NO2.C3H8/c1-6-3-2-4-7(5-6)8(9)10;1-9(8)4-6(7)5-2-3-5;1-3-5(4-7)6(8)9-2;1-3-2/h2-5,9-10H,1H3;4-5H,2-3,7-8H2,1H3;3-4,7H,1-2H3;3H2,1-2H3/b;6-4-;5-3+,7-4?;. The topological polar surface area (TPSA) is 146 Å². The number of nitrogens with zero attached hydrogens (tertiary/aromatic N) is 1. The van der Waals surface area contributed by atoms with Crippen molar-refractivity contribution in [2.45, 2.75) is 47.0 Å². The van der Waals surface area contributed by atoms with Gasteiger partial charge >= 0.3 is 13.1 Å². The minimum atomic E-state index is -1.35. The van der Waals surface area contributed by atoms with Gasteiger partial charge in [0.25, 0.3) is 0 Å². The van der Waals surface area contributed by atoms with Crippen molar-refractivity contribution in [2.75, 3.05) is 14.2 Å². The molecule has 1 aromatic rings. The molecule has 0 atom stereocenters. The molecule has 0 heterocycles. The number of hydrogen-bond donors (Lipinski definition) is 5. The first-order valence-electron chi connectivity index (χ1n) is 10.2.